The van der Waals surface area contributed by atoms with E-state index in [1.165, 1.54) is 6.42 Å². The van der Waals surface area contributed by atoms with Gasteiger partial charge in [0, 0.05) is 23.5 Å². The molecule has 0 atom stereocenters. The van der Waals surface area contributed by atoms with Gasteiger partial charge in [-0.2, -0.15) is 0 Å². The van der Waals surface area contributed by atoms with Crippen molar-refractivity contribution in [2.24, 2.45) is 5.92 Å². The Balaban J connectivity index is 1.68. The van der Waals surface area contributed by atoms with E-state index >= 15 is 0 Å². The van der Waals surface area contributed by atoms with Gasteiger partial charge in [0.25, 0.3) is 5.91 Å². The van der Waals surface area contributed by atoms with Crippen molar-refractivity contribution in [3.05, 3.63) is 34.3 Å². The molecule has 2 N–H and O–H groups in total. The molecule has 114 valence electrons. The van der Waals surface area contributed by atoms with Gasteiger partial charge in [-0.25, -0.2) is 0 Å². The molecule has 0 saturated heterocycles. The van der Waals surface area contributed by atoms with Crippen molar-refractivity contribution in [3.63, 3.8) is 0 Å². The van der Waals surface area contributed by atoms with Crippen molar-refractivity contribution in [2.45, 2.75) is 32.1 Å². The van der Waals surface area contributed by atoms with Crippen molar-refractivity contribution in [1.29, 1.82) is 0 Å². The molecule has 1 aromatic carbocycles. The third kappa shape index (κ3) is 4.84. The van der Waals surface area contributed by atoms with Gasteiger partial charge in [-0.3, -0.25) is 9.59 Å². The first-order valence-electron chi connectivity index (χ1n) is 7.49. The predicted octanol–water partition coefficient (Wildman–Crippen LogP) is 2.88. The lowest BCUT2D eigenvalue weighted by Gasteiger charge is -2.20. The molecule has 2 rings (SSSR count). The van der Waals surface area contributed by atoms with Crippen LogP contribution in [0.25, 0.3) is 0 Å². The molecule has 1 saturated carbocycles. The van der Waals surface area contributed by atoms with Crippen LogP contribution in [-0.2, 0) is 4.79 Å². The van der Waals surface area contributed by atoms with Gasteiger partial charge in [-0.15, -0.1) is 0 Å². The lowest BCUT2D eigenvalue weighted by Crippen LogP contribution is -2.38. The molecule has 5 heteroatoms. The third-order valence-electron chi connectivity index (χ3n) is 3.80. The van der Waals surface area contributed by atoms with Crippen LogP contribution in [0.4, 0.5) is 0 Å². The summed E-state index contributed by atoms with van der Waals surface area (Å²) >= 11 is 3.35. The first-order valence-corrected chi connectivity index (χ1v) is 8.28. The normalized spacial score (nSPS) is 15.5. The van der Waals surface area contributed by atoms with Gasteiger partial charge >= 0.3 is 0 Å². The quantitative estimate of drug-likeness (QED) is 0.800. The Morgan fingerprint density at radius 1 is 1.05 bits per heavy atom. The second-order valence-corrected chi connectivity index (χ2v) is 6.22. The molecule has 0 bridgehead atoms. The Hall–Kier alpha value is -1.36. The number of hydrogen-bond acceptors (Lipinski definition) is 2. The van der Waals surface area contributed by atoms with Crippen molar-refractivity contribution >= 4 is 27.7 Å². The molecule has 0 heterocycles. The van der Waals surface area contributed by atoms with Gasteiger partial charge in [0.05, 0.1) is 5.56 Å². The smallest absolute Gasteiger partial charge is 0.252 e. The van der Waals surface area contributed by atoms with Gasteiger partial charge in [0.1, 0.15) is 0 Å². The number of halogens is 1. The lowest BCUT2D eigenvalue weighted by atomic mass is 9.89. The highest BCUT2D eigenvalue weighted by molar-refractivity contribution is 9.10. The van der Waals surface area contributed by atoms with E-state index in [1.54, 1.807) is 6.07 Å². The Labute approximate surface area is 133 Å². The van der Waals surface area contributed by atoms with Crippen LogP contribution in [0.3, 0.4) is 0 Å². The molecular weight excluding hydrogens is 332 g/mol. The Morgan fingerprint density at radius 3 is 2.43 bits per heavy atom. The number of rotatable bonds is 5. The highest BCUT2D eigenvalue weighted by Gasteiger charge is 2.20. The predicted molar refractivity (Wildman–Crippen MR) is 86.1 cm³/mol. The molecule has 0 aromatic heterocycles. The average Bonchev–Trinajstić information content (AvgIpc) is 2.52. The zero-order valence-corrected chi connectivity index (χ0v) is 13.6. The largest absolute Gasteiger partial charge is 0.354 e. The van der Waals surface area contributed by atoms with Crippen molar-refractivity contribution in [2.75, 3.05) is 13.1 Å². The second-order valence-electron chi connectivity index (χ2n) is 5.36. The molecule has 1 aliphatic rings. The molecule has 4 nitrogen and oxygen atoms in total. The van der Waals surface area contributed by atoms with E-state index in [4.69, 9.17) is 0 Å². The third-order valence-corrected chi connectivity index (χ3v) is 4.50. The molecule has 1 aromatic rings. The maximum absolute atomic E-state index is 12.0. The summed E-state index contributed by atoms with van der Waals surface area (Å²) in [4.78, 5) is 23.9. The van der Waals surface area contributed by atoms with Crippen molar-refractivity contribution in [3.8, 4) is 0 Å². The Bertz CT molecular complexity index is 499. The molecule has 2 amide bonds. The van der Waals surface area contributed by atoms with E-state index in [9.17, 15) is 9.59 Å². The summed E-state index contributed by atoms with van der Waals surface area (Å²) in [5.41, 5.74) is 0.608. The first-order chi connectivity index (χ1) is 10.2. The average molecular weight is 353 g/mol. The summed E-state index contributed by atoms with van der Waals surface area (Å²) < 4.78 is 0.772. The lowest BCUT2D eigenvalue weighted by molar-refractivity contribution is -0.125. The first kappa shape index (κ1) is 16.0. The van der Waals surface area contributed by atoms with E-state index in [1.807, 2.05) is 18.2 Å². The maximum atomic E-state index is 12.0. The highest BCUT2D eigenvalue weighted by Crippen LogP contribution is 2.23. The maximum Gasteiger partial charge on any atom is 0.252 e. The van der Waals surface area contributed by atoms with Gasteiger partial charge in [-0.1, -0.05) is 31.4 Å². The number of carbonyl (C=O) groups excluding carboxylic acids is 2. The SMILES string of the molecule is O=C(NCCNC(=O)C1CCCCC1)c1ccccc1Br. The molecular formula is C16H21BrN2O2. The van der Waals surface area contributed by atoms with Crippen LogP contribution in [-0.4, -0.2) is 24.9 Å². The summed E-state index contributed by atoms with van der Waals surface area (Å²) in [5, 5.41) is 5.72. The van der Waals surface area contributed by atoms with Crippen LogP contribution >= 0.6 is 15.9 Å². The summed E-state index contributed by atoms with van der Waals surface area (Å²) in [6, 6.07) is 7.29. The second kappa shape index (κ2) is 8.17. The van der Waals surface area contributed by atoms with E-state index in [2.05, 4.69) is 26.6 Å². The van der Waals surface area contributed by atoms with Crippen LogP contribution < -0.4 is 10.6 Å². The molecule has 0 radical (unpaired) electrons. The Kier molecular flexibility index (Phi) is 6.23. The monoisotopic (exact) mass is 352 g/mol. The number of hydrogen-bond donors (Lipinski definition) is 2. The van der Waals surface area contributed by atoms with Crippen LogP contribution in [0.1, 0.15) is 42.5 Å². The summed E-state index contributed by atoms with van der Waals surface area (Å²) in [5.74, 6) is 0.164. The minimum Gasteiger partial charge on any atom is -0.354 e. The van der Waals surface area contributed by atoms with Crippen LogP contribution in [0.15, 0.2) is 28.7 Å². The van der Waals surface area contributed by atoms with E-state index in [0.717, 1.165) is 30.2 Å². The van der Waals surface area contributed by atoms with Crippen LogP contribution in [0.5, 0.6) is 0 Å². The minimum absolute atomic E-state index is 0.129. The number of carbonyl (C=O) groups is 2. The highest BCUT2D eigenvalue weighted by atomic mass is 79.9. The summed E-state index contributed by atoms with van der Waals surface area (Å²) in [6.07, 6.45) is 5.53. The van der Waals surface area contributed by atoms with Gasteiger partial charge < -0.3 is 10.6 Å². The standard InChI is InChI=1S/C16H21BrN2O2/c17-14-9-5-4-8-13(14)16(21)19-11-10-18-15(20)12-6-2-1-3-7-12/h4-5,8-9,12H,1-3,6-7,10-11H2,(H,18,20)(H,19,21). The molecule has 0 unspecified atom stereocenters. The van der Waals surface area contributed by atoms with Crippen LogP contribution in [0, 0.1) is 5.92 Å². The van der Waals surface area contributed by atoms with Gasteiger partial charge in [0.15, 0.2) is 0 Å². The summed E-state index contributed by atoms with van der Waals surface area (Å²) in [6.45, 7) is 0.921. The molecule has 1 fully saturated rings. The fraction of sp³-hybridized carbons (Fsp3) is 0.500. The molecule has 0 spiro atoms. The van der Waals surface area contributed by atoms with Gasteiger partial charge in [-0.05, 0) is 40.9 Å². The number of amides is 2. The van der Waals surface area contributed by atoms with E-state index in [-0.39, 0.29) is 17.7 Å². The van der Waals surface area contributed by atoms with Crippen molar-refractivity contribution < 1.29 is 9.59 Å². The zero-order chi connectivity index (χ0) is 15.1. The van der Waals surface area contributed by atoms with E-state index in [0.29, 0.717) is 18.7 Å². The minimum atomic E-state index is -0.130. The fourth-order valence-electron chi connectivity index (χ4n) is 2.61. The van der Waals surface area contributed by atoms with E-state index < -0.39 is 0 Å². The Morgan fingerprint density at radius 2 is 1.71 bits per heavy atom. The summed E-state index contributed by atoms with van der Waals surface area (Å²) in [7, 11) is 0. The fourth-order valence-corrected chi connectivity index (χ4v) is 3.08. The zero-order valence-electron chi connectivity index (χ0n) is 12.0. The molecule has 0 aliphatic heterocycles. The molecule has 1 aliphatic carbocycles. The van der Waals surface area contributed by atoms with Crippen LogP contribution in [0.2, 0.25) is 0 Å². The molecule has 21 heavy (non-hydrogen) atoms. The number of benzene rings is 1. The number of nitrogens with one attached hydrogen (secondary N) is 2. The van der Waals surface area contributed by atoms with Crippen molar-refractivity contribution in [1.82, 2.24) is 10.6 Å². The van der Waals surface area contributed by atoms with Gasteiger partial charge in [0.2, 0.25) is 5.91 Å². The topological polar surface area (TPSA) is 58.2 Å².